The zero-order valence-electron chi connectivity index (χ0n) is 13.5. The highest BCUT2D eigenvalue weighted by Crippen LogP contribution is 2.37. The number of nitrogens with one attached hydrogen (secondary N) is 2. The van der Waals surface area contributed by atoms with E-state index >= 15 is 0 Å². The van der Waals surface area contributed by atoms with Crippen molar-refractivity contribution >= 4 is 34.2 Å². The van der Waals surface area contributed by atoms with Crippen LogP contribution < -0.4 is 10.6 Å². The van der Waals surface area contributed by atoms with Gasteiger partial charge in [-0.1, -0.05) is 13.3 Å². The average Bonchev–Trinajstić information content (AvgIpc) is 2.68. The molecule has 1 aliphatic carbocycles. The SMILES string of the molecule is CCOC(=O)NC(=O)c1c(NC(=O)CC)sc2c1CCCCC2. The molecule has 0 atom stereocenters. The minimum Gasteiger partial charge on any atom is -0.450 e. The average molecular weight is 338 g/mol. The summed E-state index contributed by atoms with van der Waals surface area (Å²) in [4.78, 5) is 36.9. The van der Waals surface area contributed by atoms with Gasteiger partial charge in [0.25, 0.3) is 5.91 Å². The van der Waals surface area contributed by atoms with E-state index in [2.05, 4.69) is 10.6 Å². The smallest absolute Gasteiger partial charge is 0.414 e. The Balaban J connectivity index is 2.33. The van der Waals surface area contributed by atoms with Gasteiger partial charge in [-0.15, -0.1) is 11.3 Å². The van der Waals surface area contributed by atoms with Gasteiger partial charge in [-0.2, -0.15) is 0 Å². The number of amides is 3. The zero-order chi connectivity index (χ0) is 16.8. The quantitative estimate of drug-likeness (QED) is 0.825. The molecule has 0 radical (unpaired) electrons. The first-order valence-electron chi connectivity index (χ1n) is 7.99. The molecule has 1 aliphatic rings. The molecule has 1 aromatic heterocycles. The van der Waals surface area contributed by atoms with Crippen LogP contribution in [0, 0.1) is 0 Å². The molecule has 0 spiro atoms. The molecule has 23 heavy (non-hydrogen) atoms. The van der Waals surface area contributed by atoms with E-state index in [0.29, 0.717) is 17.0 Å². The highest BCUT2D eigenvalue weighted by molar-refractivity contribution is 7.17. The van der Waals surface area contributed by atoms with Crippen LogP contribution in [0.15, 0.2) is 0 Å². The highest BCUT2D eigenvalue weighted by atomic mass is 32.1. The number of thiophene rings is 1. The summed E-state index contributed by atoms with van der Waals surface area (Å²) < 4.78 is 4.77. The Kier molecular flexibility index (Phi) is 6.15. The molecule has 6 nitrogen and oxygen atoms in total. The molecule has 2 N–H and O–H groups in total. The van der Waals surface area contributed by atoms with Crippen molar-refractivity contribution in [1.29, 1.82) is 0 Å². The van der Waals surface area contributed by atoms with E-state index < -0.39 is 12.0 Å². The normalized spacial score (nSPS) is 13.7. The van der Waals surface area contributed by atoms with Gasteiger partial charge in [-0.25, -0.2) is 4.79 Å². The van der Waals surface area contributed by atoms with Gasteiger partial charge in [-0.05, 0) is 38.2 Å². The Morgan fingerprint density at radius 3 is 2.57 bits per heavy atom. The van der Waals surface area contributed by atoms with Crippen molar-refractivity contribution in [2.24, 2.45) is 0 Å². The van der Waals surface area contributed by atoms with Crippen LogP contribution in [0.3, 0.4) is 0 Å². The first-order valence-corrected chi connectivity index (χ1v) is 8.80. The lowest BCUT2D eigenvalue weighted by atomic mass is 10.0. The molecule has 3 amide bonds. The van der Waals surface area contributed by atoms with Crippen LogP contribution in [-0.2, 0) is 22.4 Å². The number of hydrogen-bond acceptors (Lipinski definition) is 5. The van der Waals surface area contributed by atoms with Crippen LogP contribution in [0.25, 0.3) is 0 Å². The lowest BCUT2D eigenvalue weighted by Crippen LogP contribution is -2.32. The lowest BCUT2D eigenvalue weighted by Gasteiger charge is -2.09. The van der Waals surface area contributed by atoms with Crippen LogP contribution in [0.1, 0.15) is 60.3 Å². The number of fused-ring (bicyclic) bond motifs is 1. The van der Waals surface area contributed by atoms with Crippen molar-refractivity contribution in [3.05, 3.63) is 16.0 Å². The van der Waals surface area contributed by atoms with Gasteiger partial charge in [0.2, 0.25) is 5.91 Å². The summed E-state index contributed by atoms with van der Waals surface area (Å²) in [6.07, 6.45) is 4.47. The van der Waals surface area contributed by atoms with Gasteiger partial charge in [0.1, 0.15) is 5.00 Å². The van der Waals surface area contributed by atoms with Gasteiger partial charge in [0, 0.05) is 11.3 Å². The van der Waals surface area contributed by atoms with Gasteiger partial charge >= 0.3 is 6.09 Å². The minimum atomic E-state index is -0.765. The molecule has 2 rings (SSSR count). The van der Waals surface area contributed by atoms with Crippen LogP contribution in [-0.4, -0.2) is 24.5 Å². The zero-order valence-corrected chi connectivity index (χ0v) is 14.3. The second-order valence-electron chi connectivity index (χ2n) is 5.34. The van der Waals surface area contributed by atoms with E-state index in [-0.39, 0.29) is 12.5 Å². The van der Waals surface area contributed by atoms with Crippen LogP contribution in [0.4, 0.5) is 9.80 Å². The molecule has 0 saturated heterocycles. The molecule has 0 fully saturated rings. The van der Waals surface area contributed by atoms with Crippen LogP contribution >= 0.6 is 11.3 Å². The maximum atomic E-state index is 12.5. The summed E-state index contributed by atoms with van der Waals surface area (Å²) in [6.45, 7) is 3.63. The third-order valence-corrected chi connectivity index (χ3v) is 4.92. The molecule has 126 valence electrons. The predicted octanol–water partition coefficient (Wildman–Crippen LogP) is 3.25. The second-order valence-corrected chi connectivity index (χ2v) is 6.45. The van der Waals surface area contributed by atoms with E-state index in [1.807, 2.05) is 0 Å². The molecule has 0 aromatic carbocycles. The first-order chi connectivity index (χ1) is 11.1. The topological polar surface area (TPSA) is 84.5 Å². The number of carbonyl (C=O) groups is 3. The first kappa shape index (κ1) is 17.5. The number of anilines is 1. The van der Waals surface area contributed by atoms with Crippen LogP contribution in [0.5, 0.6) is 0 Å². The molecule has 0 saturated carbocycles. The van der Waals surface area contributed by atoms with Crippen molar-refractivity contribution in [3.63, 3.8) is 0 Å². The number of imide groups is 1. The molecule has 1 aromatic rings. The molecule has 7 heteroatoms. The molecule has 0 aliphatic heterocycles. The summed E-state index contributed by atoms with van der Waals surface area (Å²) in [5.41, 5.74) is 1.38. The van der Waals surface area contributed by atoms with E-state index in [9.17, 15) is 14.4 Å². The molecule has 0 unspecified atom stereocenters. The third-order valence-electron chi connectivity index (χ3n) is 3.71. The maximum absolute atomic E-state index is 12.5. The lowest BCUT2D eigenvalue weighted by molar-refractivity contribution is -0.115. The molecular formula is C16H22N2O4S. The van der Waals surface area contributed by atoms with Crippen molar-refractivity contribution in [3.8, 4) is 0 Å². The fraction of sp³-hybridized carbons (Fsp3) is 0.562. The number of rotatable bonds is 4. The summed E-state index contributed by atoms with van der Waals surface area (Å²) in [5, 5.41) is 5.56. The fourth-order valence-corrected chi connectivity index (χ4v) is 3.91. The van der Waals surface area contributed by atoms with Crippen LogP contribution in [0.2, 0.25) is 0 Å². The van der Waals surface area contributed by atoms with Crippen molar-refractivity contribution in [2.75, 3.05) is 11.9 Å². The number of hydrogen-bond donors (Lipinski definition) is 2. The van der Waals surface area contributed by atoms with Gasteiger partial charge < -0.3 is 10.1 Å². The maximum Gasteiger partial charge on any atom is 0.414 e. The molecular weight excluding hydrogens is 316 g/mol. The van der Waals surface area contributed by atoms with Gasteiger partial charge in [0.15, 0.2) is 0 Å². The molecule has 0 bridgehead atoms. The number of carbonyl (C=O) groups excluding carboxylic acids is 3. The minimum absolute atomic E-state index is 0.147. The third kappa shape index (κ3) is 4.31. The standard InChI is InChI=1S/C16H22N2O4S/c1-3-12(19)17-15-13(14(20)18-16(21)22-4-2)10-8-6-5-7-9-11(10)23-15/h3-9H2,1-2H3,(H,17,19)(H,18,20,21). The monoisotopic (exact) mass is 338 g/mol. The Hall–Kier alpha value is -1.89. The van der Waals surface area contributed by atoms with Crippen molar-refractivity contribution < 1.29 is 19.1 Å². The van der Waals surface area contributed by atoms with E-state index in [1.54, 1.807) is 13.8 Å². The predicted molar refractivity (Wildman–Crippen MR) is 89.0 cm³/mol. The largest absolute Gasteiger partial charge is 0.450 e. The Morgan fingerprint density at radius 2 is 1.87 bits per heavy atom. The van der Waals surface area contributed by atoms with Gasteiger partial charge in [-0.3, -0.25) is 14.9 Å². The van der Waals surface area contributed by atoms with Crippen molar-refractivity contribution in [1.82, 2.24) is 5.32 Å². The summed E-state index contributed by atoms with van der Waals surface area (Å²) >= 11 is 1.44. The highest BCUT2D eigenvalue weighted by Gasteiger charge is 2.26. The number of ether oxygens (including phenoxy) is 1. The number of aryl methyl sites for hydroxylation is 1. The van der Waals surface area contributed by atoms with Crippen molar-refractivity contribution in [2.45, 2.75) is 52.4 Å². The van der Waals surface area contributed by atoms with Gasteiger partial charge in [0.05, 0.1) is 12.2 Å². The fourth-order valence-electron chi connectivity index (χ4n) is 2.61. The van der Waals surface area contributed by atoms with E-state index in [1.165, 1.54) is 11.3 Å². The molecule has 1 heterocycles. The van der Waals surface area contributed by atoms with E-state index in [0.717, 1.165) is 42.5 Å². The Labute approximate surface area is 139 Å². The second kappa shape index (κ2) is 8.10. The number of alkyl carbamates (subject to hydrolysis) is 1. The van der Waals surface area contributed by atoms with E-state index in [4.69, 9.17) is 4.74 Å². The summed E-state index contributed by atoms with van der Waals surface area (Å²) in [5.74, 6) is -0.652. The summed E-state index contributed by atoms with van der Waals surface area (Å²) in [7, 11) is 0. The Morgan fingerprint density at radius 1 is 1.13 bits per heavy atom. The Bertz CT molecular complexity index is 609. The summed E-state index contributed by atoms with van der Waals surface area (Å²) in [6, 6.07) is 0.